The molecule has 0 saturated carbocycles. The number of ether oxygens (including phenoxy) is 2. The van der Waals surface area contributed by atoms with Gasteiger partial charge >= 0.3 is 0 Å². The van der Waals surface area contributed by atoms with E-state index in [0.29, 0.717) is 17.9 Å². The average Bonchev–Trinajstić information content (AvgIpc) is 2.67. The Balaban J connectivity index is 1.77. The molecule has 0 unspecified atom stereocenters. The molecule has 0 aliphatic rings. The molecular formula is C21H25N3O4. The predicted molar refractivity (Wildman–Crippen MR) is 109 cm³/mol. The number of hydrazone groups is 1. The van der Waals surface area contributed by atoms with Crippen molar-refractivity contribution >= 4 is 23.7 Å². The molecule has 2 N–H and O–H groups in total. The van der Waals surface area contributed by atoms with Gasteiger partial charge in [0.2, 0.25) is 5.91 Å². The minimum atomic E-state index is -0.260. The molecule has 7 heteroatoms. The fourth-order valence-corrected chi connectivity index (χ4v) is 2.27. The Morgan fingerprint density at radius 3 is 2.25 bits per heavy atom. The third-order valence-corrected chi connectivity index (χ3v) is 3.62. The van der Waals surface area contributed by atoms with Crippen molar-refractivity contribution in [2.75, 3.05) is 19.0 Å². The molecule has 0 fully saturated rings. The molecule has 0 saturated heterocycles. The monoisotopic (exact) mass is 383 g/mol. The van der Waals surface area contributed by atoms with Crippen LogP contribution in [0.15, 0.2) is 53.6 Å². The van der Waals surface area contributed by atoms with Crippen molar-refractivity contribution in [1.82, 2.24) is 5.43 Å². The first-order valence-corrected chi connectivity index (χ1v) is 8.95. The zero-order valence-corrected chi connectivity index (χ0v) is 16.3. The molecule has 0 aliphatic carbocycles. The van der Waals surface area contributed by atoms with E-state index in [9.17, 15) is 9.59 Å². The zero-order chi connectivity index (χ0) is 20.4. The van der Waals surface area contributed by atoms with Crippen LogP contribution < -0.4 is 20.2 Å². The highest BCUT2D eigenvalue weighted by atomic mass is 16.5. The Bertz CT molecular complexity index is 799. The van der Waals surface area contributed by atoms with E-state index in [0.717, 1.165) is 11.3 Å². The number of rotatable bonds is 9. The van der Waals surface area contributed by atoms with Crippen LogP contribution in [0.1, 0.15) is 25.8 Å². The SMILES string of the molecule is COc1ccc(NC(=O)COc2ccc(C=NNC(=O)CC(C)C)cc2)cc1. The lowest BCUT2D eigenvalue weighted by Gasteiger charge is -2.08. The largest absolute Gasteiger partial charge is 0.497 e. The van der Waals surface area contributed by atoms with Gasteiger partial charge in [-0.1, -0.05) is 13.8 Å². The van der Waals surface area contributed by atoms with Crippen LogP contribution in [0.25, 0.3) is 0 Å². The lowest BCUT2D eigenvalue weighted by Crippen LogP contribution is -2.20. The molecule has 2 rings (SSSR count). The van der Waals surface area contributed by atoms with Crippen molar-refractivity contribution in [2.45, 2.75) is 20.3 Å². The number of nitrogens with one attached hydrogen (secondary N) is 2. The average molecular weight is 383 g/mol. The van der Waals surface area contributed by atoms with Gasteiger partial charge in [0.1, 0.15) is 11.5 Å². The summed E-state index contributed by atoms with van der Waals surface area (Å²) in [5.41, 5.74) is 3.96. The Morgan fingerprint density at radius 2 is 1.64 bits per heavy atom. The summed E-state index contributed by atoms with van der Waals surface area (Å²) >= 11 is 0. The standard InChI is InChI=1S/C21H25N3O4/c1-15(2)12-20(25)24-22-13-16-4-8-19(9-5-16)28-14-21(26)23-17-6-10-18(27-3)11-7-17/h4-11,13,15H,12,14H2,1-3H3,(H,23,26)(H,24,25). The third kappa shape index (κ3) is 7.49. The number of hydrogen-bond donors (Lipinski definition) is 2. The lowest BCUT2D eigenvalue weighted by molar-refractivity contribution is -0.121. The molecule has 2 amide bonds. The molecule has 148 valence electrons. The molecule has 2 aromatic rings. The van der Waals surface area contributed by atoms with Crippen LogP contribution >= 0.6 is 0 Å². The van der Waals surface area contributed by atoms with E-state index >= 15 is 0 Å². The van der Waals surface area contributed by atoms with Crippen LogP contribution in [0, 0.1) is 5.92 Å². The van der Waals surface area contributed by atoms with E-state index in [1.165, 1.54) is 0 Å². The molecule has 28 heavy (non-hydrogen) atoms. The number of methoxy groups -OCH3 is 1. The van der Waals surface area contributed by atoms with Gasteiger partial charge < -0.3 is 14.8 Å². The first-order valence-electron chi connectivity index (χ1n) is 8.95. The summed E-state index contributed by atoms with van der Waals surface area (Å²) in [5.74, 6) is 1.19. The van der Waals surface area contributed by atoms with Crippen molar-refractivity contribution < 1.29 is 19.1 Å². The second kappa shape index (κ2) is 10.7. The van der Waals surface area contributed by atoms with Gasteiger partial charge in [-0.2, -0.15) is 5.10 Å². The number of benzene rings is 2. The number of nitrogens with zero attached hydrogens (tertiary/aromatic N) is 1. The lowest BCUT2D eigenvalue weighted by atomic mass is 10.1. The number of amides is 2. The van der Waals surface area contributed by atoms with Crippen LogP contribution in [0.4, 0.5) is 5.69 Å². The van der Waals surface area contributed by atoms with Gasteiger partial charge in [0.05, 0.1) is 13.3 Å². The molecule has 0 atom stereocenters. The molecule has 0 bridgehead atoms. The van der Waals surface area contributed by atoms with E-state index in [1.807, 2.05) is 13.8 Å². The summed E-state index contributed by atoms with van der Waals surface area (Å²) in [6.45, 7) is 3.84. The van der Waals surface area contributed by atoms with Crippen molar-refractivity contribution in [1.29, 1.82) is 0 Å². The minimum Gasteiger partial charge on any atom is -0.497 e. The van der Waals surface area contributed by atoms with Crippen LogP contribution in [-0.4, -0.2) is 31.7 Å². The molecule has 2 aromatic carbocycles. The Hall–Kier alpha value is -3.35. The second-order valence-corrected chi connectivity index (χ2v) is 6.53. The molecule has 0 aromatic heterocycles. The summed E-state index contributed by atoms with van der Waals surface area (Å²) in [7, 11) is 1.58. The van der Waals surface area contributed by atoms with E-state index in [1.54, 1.807) is 61.9 Å². The second-order valence-electron chi connectivity index (χ2n) is 6.53. The summed E-state index contributed by atoms with van der Waals surface area (Å²) < 4.78 is 10.5. The molecule has 0 radical (unpaired) electrons. The van der Waals surface area contributed by atoms with Crippen LogP contribution in [-0.2, 0) is 9.59 Å². The van der Waals surface area contributed by atoms with Gasteiger partial charge in [0.15, 0.2) is 6.61 Å². The molecule has 7 nitrogen and oxygen atoms in total. The zero-order valence-electron chi connectivity index (χ0n) is 16.3. The van der Waals surface area contributed by atoms with Gasteiger partial charge in [-0.15, -0.1) is 0 Å². The Labute approximate surface area is 164 Å². The maximum atomic E-state index is 12.0. The third-order valence-electron chi connectivity index (χ3n) is 3.62. The summed E-state index contributed by atoms with van der Waals surface area (Å²) in [6, 6.07) is 14.1. The maximum absolute atomic E-state index is 12.0. The number of hydrogen-bond acceptors (Lipinski definition) is 5. The van der Waals surface area contributed by atoms with Crippen LogP contribution in [0.2, 0.25) is 0 Å². The highest BCUT2D eigenvalue weighted by Gasteiger charge is 2.05. The summed E-state index contributed by atoms with van der Waals surface area (Å²) in [6.07, 6.45) is 1.99. The fourth-order valence-electron chi connectivity index (χ4n) is 2.27. The number of carbonyl (C=O) groups is 2. The van der Waals surface area contributed by atoms with Gasteiger partial charge in [0, 0.05) is 12.1 Å². The van der Waals surface area contributed by atoms with Crippen LogP contribution in [0.3, 0.4) is 0 Å². The minimum absolute atomic E-state index is 0.106. The van der Waals surface area contributed by atoms with Crippen molar-refractivity contribution in [3.8, 4) is 11.5 Å². The Morgan fingerprint density at radius 1 is 1.00 bits per heavy atom. The summed E-state index contributed by atoms with van der Waals surface area (Å²) in [5, 5.41) is 6.67. The van der Waals surface area contributed by atoms with Crippen LogP contribution in [0.5, 0.6) is 11.5 Å². The smallest absolute Gasteiger partial charge is 0.262 e. The maximum Gasteiger partial charge on any atom is 0.262 e. The van der Waals surface area contributed by atoms with Crippen molar-refractivity contribution in [3.63, 3.8) is 0 Å². The van der Waals surface area contributed by atoms with Gasteiger partial charge in [-0.25, -0.2) is 5.43 Å². The number of anilines is 1. The summed E-state index contributed by atoms with van der Waals surface area (Å²) in [4.78, 5) is 23.5. The first-order chi connectivity index (χ1) is 13.5. The van der Waals surface area contributed by atoms with Crippen molar-refractivity contribution in [2.24, 2.45) is 11.0 Å². The predicted octanol–water partition coefficient (Wildman–Crippen LogP) is 3.21. The molecule has 0 heterocycles. The van der Waals surface area contributed by atoms with Crippen molar-refractivity contribution in [3.05, 3.63) is 54.1 Å². The topological polar surface area (TPSA) is 89.0 Å². The fraction of sp³-hybridized carbons (Fsp3) is 0.286. The van der Waals surface area contributed by atoms with Gasteiger partial charge in [0.25, 0.3) is 5.91 Å². The molecular weight excluding hydrogens is 358 g/mol. The quantitative estimate of drug-likeness (QED) is 0.514. The van der Waals surface area contributed by atoms with E-state index in [2.05, 4.69) is 15.8 Å². The normalized spacial score (nSPS) is 10.7. The Kier molecular flexibility index (Phi) is 8.02. The van der Waals surface area contributed by atoms with E-state index in [-0.39, 0.29) is 24.3 Å². The molecule has 0 spiro atoms. The first kappa shape index (κ1) is 21.0. The highest BCUT2D eigenvalue weighted by Crippen LogP contribution is 2.15. The highest BCUT2D eigenvalue weighted by molar-refractivity contribution is 5.92. The molecule has 0 aliphatic heterocycles. The van der Waals surface area contributed by atoms with E-state index < -0.39 is 0 Å². The number of carbonyl (C=O) groups excluding carboxylic acids is 2. The van der Waals surface area contributed by atoms with E-state index in [4.69, 9.17) is 9.47 Å². The van der Waals surface area contributed by atoms with Gasteiger partial charge in [-0.05, 0) is 60.0 Å². The van der Waals surface area contributed by atoms with Gasteiger partial charge in [-0.3, -0.25) is 9.59 Å².